The van der Waals surface area contributed by atoms with E-state index in [2.05, 4.69) is 20.8 Å². The predicted octanol–water partition coefficient (Wildman–Crippen LogP) is 5.25. The molecule has 1 aromatic heterocycles. The molecular weight excluding hydrogens is 498 g/mol. The van der Waals surface area contributed by atoms with Crippen molar-refractivity contribution in [1.82, 2.24) is 20.1 Å². The fourth-order valence-corrected chi connectivity index (χ4v) is 4.58. The van der Waals surface area contributed by atoms with Gasteiger partial charge in [-0.25, -0.2) is 0 Å². The highest BCUT2D eigenvalue weighted by molar-refractivity contribution is 7.99. The van der Waals surface area contributed by atoms with E-state index >= 15 is 0 Å². The Balaban J connectivity index is 1.47. The summed E-state index contributed by atoms with van der Waals surface area (Å²) in [7, 11) is 0. The molecule has 4 aromatic rings. The fourth-order valence-electron chi connectivity index (χ4n) is 3.81. The molecule has 0 aliphatic rings. The number of nitrogens with zero attached hydrogens (tertiary/aromatic N) is 3. The molecule has 38 heavy (non-hydrogen) atoms. The molecule has 2 N–H and O–H groups in total. The number of ether oxygens (including phenoxy) is 1. The van der Waals surface area contributed by atoms with Gasteiger partial charge in [0.25, 0.3) is 5.91 Å². The Bertz CT molecular complexity index is 1430. The van der Waals surface area contributed by atoms with Crippen molar-refractivity contribution in [3.05, 3.63) is 94.8 Å². The minimum absolute atomic E-state index is 0.145. The molecule has 0 saturated carbocycles. The van der Waals surface area contributed by atoms with Crippen LogP contribution in [0.1, 0.15) is 39.8 Å². The number of rotatable bonds is 10. The Morgan fingerprint density at radius 1 is 0.947 bits per heavy atom. The topological polar surface area (TPSA) is 98.1 Å². The van der Waals surface area contributed by atoms with Crippen molar-refractivity contribution in [3.63, 3.8) is 0 Å². The van der Waals surface area contributed by atoms with Crippen molar-refractivity contribution in [2.45, 2.75) is 39.4 Å². The van der Waals surface area contributed by atoms with Crippen molar-refractivity contribution in [2.75, 3.05) is 17.7 Å². The van der Waals surface area contributed by atoms with E-state index in [4.69, 9.17) is 4.74 Å². The molecular formula is C29H31N5O3S. The molecule has 0 atom stereocenters. The van der Waals surface area contributed by atoms with E-state index in [0.717, 1.165) is 28.1 Å². The van der Waals surface area contributed by atoms with Crippen LogP contribution in [0.5, 0.6) is 5.75 Å². The average Bonchev–Trinajstić information content (AvgIpc) is 3.32. The highest BCUT2D eigenvalue weighted by Gasteiger charge is 2.17. The van der Waals surface area contributed by atoms with Gasteiger partial charge in [-0.2, -0.15) is 0 Å². The number of anilines is 1. The molecule has 2 amide bonds. The zero-order valence-electron chi connectivity index (χ0n) is 21.9. The monoisotopic (exact) mass is 529 g/mol. The van der Waals surface area contributed by atoms with Crippen LogP contribution in [0.3, 0.4) is 0 Å². The number of amides is 2. The van der Waals surface area contributed by atoms with Gasteiger partial charge in [0.05, 0.1) is 18.9 Å². The summed E-state index contributed by atoms with van der Waals surface area (Å²) in [6, 6.07) is 20.8. The van der Waals surface area contributed by atoms with Gasteiger partial charge in [0.1, 0.15) is 5.75 Å². The minimum Gasteiger partial charge on any atom is -0.494 e. The minimum atomic E-state index is -0.184. The first-order valence-electron chi connectivity index (χ1n) is 12.4. The van der Waals surface area contributed by atoms with E-state index in [1.165, 1.54) is 11.8 Å². The molecule has 0 spiro atoms. The third-order valence-corrected chi connectivity index (χ3v) is 6.85. The molecule has 9 heteroatoms. The lowest BCUT2D eigenvalue weighted by Crippen LogP contribution is -2.24. The number of carbonyl (C=O) groups is 2. The zero-order valence-corrected chi connectivity index (χ0v) is 22.8. The number of hydrogen-bond acceptors (Lipinski definition) is 6. The summed E-state index contributed by atoms with van der Waals surface area (Å²) in [5.41, 5.74) is 5.41. The van der Waals surface area contributed by atoms with Crippen LogP contribution in [0.2, 0.25) is 0 Å². The van der Waals surface area contributed by atoms with Crippen molar-refractivity contribution in [2.24, 2.45) is 0 Å². The van der Waals surface area contributed by atoms with Crippen molar-refractivity contribution in [3.8, 4) is 11.4 Å². The van der Waals surface area contributed by atoms with Crippen molar-refractivity contribution in [1.29, 1.82) is 0 Å². The Labute approximate surface area is 226 Å². The van der Waals surface area contributed by atoms with Gasteiger partial charge in [0, 0.05) is 16.9 Å². The summed E-state index contributed by atoms with van der Waals surface area (Å²) in [6.45, 7) is 8.70. The van der Waals surface area contributed by atoms with Crippen LogP contribution in [-0.2, 0) is 11.3 Å². The third kappa shape index (κ3) is 6.80. The lowest BCUT2D eigenvalue weighted by atomic mass is 10.1. The van der Waals surface area contributed by atoms with E-state index in [1.807, 2.05) is 86.9 Å². The Hall–Kier alpha value is -4.11. The van der Waals surface area contributed by atoms with Gasteiger partial charge in [-0.3, -0.25) is 14.2 Å². The summed E-state index contributed by atoms with van der Waals surface area (Å²) in [5, 5.41) is 15.1. The lowest BCUT2D eigenvalue weighted by molar-refractivity contribution is -0.113. The van der Waals surface area contributed by atoms with Gasteiger partial charge < -0.3 is 15.4 Å². The van der Waals surface area contributed by atoms with E-state index in [0.29, 0.717) is 28.8 Å². The molecule has 0 aliphatic carbocycles. The Morgan fingerprint density at radius 2 is 1.74 bits per heavy atom. The lowest BCUT2D eigenvalue weighted by Gasteiger charge is -2.12. The van der Waals surface area contributed by atoms with Crippen molar-refractivity contribution >= 4 is 29.3 Å². The highest BCUT2D eigenvalue weighted by Crippen LogP contribution is 2.24. The third-order valence-electron chi connectivity index (χ3n) is 5.92. The number of nitrogens with one attached hydrogen (secondary N) is 2. The molecule has 8 nitrogen and oxygen atoms in total. The van der Waals surface area contributed by atoms with Crippen molar-refractivity contribution < 1.29 is 14.3 Å². The number of benzene rings is 3. The molecule has 0 fully saturated rings. The maximum Gasteiger partial charge on any atom is 0.251 e. The maximum atomic E-state index is 12.8. The number of thioether (sulfide) groups is 1. The first-order chi connectivity index (χ1) is 18.3. The second kappa shape index (κ2) is 12.4. The van der Waals surface area contributed by atoms with Crippen LogP contribution in [0.15, 0.2) is 71.9 Å². The molecule has 3 aromatic carbocycles. The molecule has 196 valence electrons. The first-order valence-corrected chi connectivity index (χ1v) is 13.3. The maximum absolute atomic E-state index is 12.8. The quantitative estimate of drug-likeness (QED) is 0.272. The summed E-state index contributed by atoms with van der Waals surface area (Å²) in [5.74, 6) is 1.12. The van der Waals surface area contributed by atoms with Crippen LogP contribution in [0.4, 0.5) is 5.69 Å². The molecule has 0 bridgehead atoms. The molecule has 1 heterocycles. The smallest absolute Gasteiger partial charge is 0.251 e. The standard InChI is InChI=1S/C29H31N5O3S/c1-5-37-25-13-11-23(12-14-25)31-27(35)18-38-29-33-32-26(34(29)24-8-6-7-19(2)15-24)17-30-28(36)22-10-9-20(3)21(4)16-22/h6-16H,5,17-18H2,1-4H3,(H,30,36)(H,31,35). The summed E-state index contributed by atoms with van der Waals surface area (Å²) in [4.78, 5) is 25.5. The average molecular weight is 530 g/mol. The largest absolute Gasteiger partial charge is 0.494 e. The van der Waals surface area contributed by atoms with Crippen LogP contribution >= 0.6 is 11.8 Å². The number of aryl methyl sites for hydroxylation is 3. The van der Waals surface area contributed by atoms with Gasteiger partial charge in [0.15, 0.2) is 11.0 Å². The Morgan fingerprint density at radius 3 is 2.45 bits per heavy atom. The second-order valence-corrected chi connectivity index (χ2v) is 9.79. The second-order valence-electron chi connectivity index (χ2n) is 8.85. The Kier molecular flexibility index (Phi) is 8.81. The van der Waals surface area contributed by atoms with E-state index in [9.17, 15) is 9.59 Å². The normalized spacial score (nSPS) is 10.7. The SMILES string of the molecule is CCOc1ccc(NC(=O)CSc2nnc(CNC(=O)c3ccc(C)c(C)c3)n2-c2cccc(C)c2)cc1. The molecule has 0 saturated heterocycles. The van der Waals surface area contributed by atoms with Crippen LogP contribution in [-0.4, -0.2) is 38.9 Å². The fraction of sp³-hybridized carbons (Fsp3) is 0.241. The number of aromatic nitrogens is 3. The van der Waals surface area contributed by atoms with E-state index < -0.39 is 0 Å². The van der Waals surface area contributed by atoms with Gasteiger partial charge in [-0.1, -0.05) is 30.0 Å². The van der Waals surface area contributed by atoms with E-state index in [1.54, 1.807) is 12.1 Å². The number of hydrogen-bond donors (Lipinski definition) is 2. The number of carbonyl (C=O) groups excluding carboxylic acids is 2. The van der Waals surface area contributed by atoms with Crippen LogP contribution in [0.25, 0.3) is 5.69 Å². The molecule has 0 radical (unpaired) electrons. The molecule has 0 aliphatic heterocycles. The highest BCUT2D eigenvalue weighted by atomic mass is 32.2. The molecule has 4 rings (SSSR count). The predicted molar refractivity (Wildman–Crippen MR) is 150 cm³/mol. The zero-order chi connectivity index (χ0) is 27.1. The van der Waals surface area contributed by atoms with Gasteiger partial charge in [-0.05, 0) is 92.9 Å². The summed E-state index contributed by atoms with van der Waals surface area (Å²) in [6.07, 6.45) is 0. The van der Waals surface area contributed by atoms with Crippen LogP contribution in [0, 0.1) is 20.8 Å². The summed E-state index contributed by atoms with van der Waals surface area (Å²) >= 11 is 1.28. The molecule has 0 unspecified atom stereocenters. The van der Waals surface area contributed by atoms with E-state index in [-0.39, 0.29) is 24.1 Å². The van der Waals surface area contributed by atoms with Gasteiger partial charge >= 0.3 is 0 Å². The first kappa shape index (κ1) is 26.9. The van der Waals surface area contributed by atoms with Crippen LogP contribution < -0.4 is 15.4 Å². The van der Waals surface area contributed by atoms with Gasteiger partial charge in [0.2, 0.25) is 5.91 Å². The summed E-state index contributed by atoms with van der Waals surface area (Å²) < 4.78 is 7.32. The van der Waals surface area contributed by atoms with Gasteiger partial charge in [-0.15, -0.1) is 10.2 Å².